The number of likely N-dealkylation sites (N-methyl/N-ethyl adjacent to an activating group) is 1. The normalized spacial score (nSPS) is 13.1. The van der Waals surface area contributed by atoms with Crippen LogP contribution < -0.4 is 11.1 Å². The average molecular weight is 294 g/mol. The van der Waals surface area contributed by atoms with Gasteiger partial charge in [-0.1, -0.05) is 19.8 Å². The Labute approximate surface area is 119 Å². The lowest BCUT2D eigenvalue weighted by Crippen LogP contribution is -2.34. The number of carboxylic acids is 2. The first-order chi connectivity index (χ1) is 8.90. The number of nitrogens with one attached hydrogen (secondary N) is 1. The van der Waals surface area contributed by atoms with Gasteiger partial charge in [0.1, 0.15) is 12.1 Å². The molecule has 0 radical (unpaired) electrons. The van der Waals surface area contributed by atoms with Crippen molar-refractivity contribution < 1.29 is 19.8 Å². The van der Waals surface area contributed by atoms with Crippen molar-refractivity contribution in [1.82, 2.24) is 5.32 Å². The summed E-state index contributed by atoms with van der Waals surface area (Å²) >= 11 is 1.66. The minimum Gasteiger partial charge on any atom is -0.480 e. The van der Waals surface area contributed by atoms with Gasteiger partial charge < -0.3 is 21.3 Å². The number of carbonyl (C=O) groups is 2. The van der Waals surface area contributed by atoms with Crippen LogP contribution in [0.5, 0.6) is 0 Å². The number of hydrogen-bond donors (Lipinski definition) is 4. The van der Waals surface area contributed by atoms with Gasteiger partial charge in [0.25, 0.3) is 0 Å². The topological polar surface area (TPSA) is 113 Å². The molecule has 0 unspecified atom stereocenters. The Bertz CT molecular complexity index is 252. The molecule has 0 spiro atoms. The van der Waals surface area contributed by atoms with Crippen LogP contribution in [0.4, 0.5) is 0 Å². The molecule has 0 aromatic heterocycles. The first-order valence-electron chi connectivity index (χ1n) is 6.28. The summed E-state index contributed by atoms with van der Waals surface area (Å²) in [5.74, 6) is -0.780. The Morgan fingerprint density at radius 1 is 1.26 bits per heavy atom. The monoisotopic (exact) mass is 294 g/mol. The molecule has 2 atom stereocenters. The van der Waals surface area contributed by atoms with Crippen molar-refractivity contribution in [2.75, 3.05) is 19.1 Å². The van der Waals surface area contributed by atoms with Gasteiger partial charge >= 0.3 is 11.9 Å². The van der Waals surface area contributed by atoms with E-state index >= 15 is 0 Å². The number of nitrogens with two attached hydrogens (primary N) is 1. The van der Waals surface area contributed by atoms with Crippen LogP contribution in [-0.4, -0.2) is 53.3 Å². The van der Waals surface area contributed by atoms with E-state index in [4.69, 9.17) is 15.9 Å². The zero-order chi connectivity index (χ0) is 15.3. The summed E-state index contributed by atoms with van der Waals surface area (Å²) in [6.07, 6.45) is 5.14. The van der Waals surface area contributed by atoms with Gasteiger partial charge in [-0.2, -0.15) is 11.8 Å². The molecule has 0 saturated carbocycles. The van der Waals surface area contributed by atoms with Crippen LogP contribution in [-0.2, 0) is 9.59 Å². The third kappa shape index (κ3) is 13.4. The van der Waals surface area contributed by atoms with Crippen LogP contribution in [0.3, 0.4) is 0 Å². The molecule has 0 rings (SSSR count). The summed E-state index contributed by atoms with van der Waals surface area (Å²) < 4.78 is 0. The number of unbranched alkanes of at least 4 members (excludes halogenated alkanes) is 1. The van der Waals surface area contributed by atoms with E-state index < -0.39 is 18.0 Å². The predicted octanol–water partition coefficient (Wildman–Crippen LogP) is 1.00. The SMILES string of the molecule is CCCC[C@H](N)C(=O)O.CN[C@@H](CCSC)C(=O)O. The number of rotatable bonds is 9. The molecule has 7 heteroatoms. The van der Waals surface area contributed by atoms with Crippen LogP contribution >= 0.6 is 11.8 Å². The fourth-order valence-corrected chi connectivity index (χ4v) is 1.65. The molecule has 0 fully saturated rings. The van der Waals surface area contributed by atoms with E-state index in [0.29, 0.717) is 12.8 Å². The summed E-state index contributed by atoms with van der Waals surface area (Å²) in [5.41, 5.74) is 5.20. The molecule has 0 aliphatic rings. The van der Waals surface area contributed by atoms with Crippen molar-refractivity contribution in [3.8, 4) is 0 Å². The molecule has 0 aliphatic heterocycles. The minimum absolute atomic E-state index is 0.382. The Kier molecular flexibility index (Phi) is 14.7. The van der Waals surface area contributed by atoms with Gasteiger partial charge in [0.05, 0.1) is 0 Å². The lowest BCUT2D eigenvalue weighted by atomic mass is 10.1. The number of hydrogen-bond acceptors (Lipinski definition) is 5. The van der Waals surface area contributed by atoms with Crippen molar-refractivity contribution >= 4 is 23.7 Å². The quantitative estimate of drug-likeness (QED) is 0.502. The summed E-state index contributed by atoms with van der Waals surface area (Å²) in [6, 6.07) is -1.04. The molecule has 5 N–H and O–H groups in total. The smallest absolute Gasteiger partial charge is 0.320 e. The molecule has 0 aromatic rings. The zero-order valence-corrected chi connectivity index (χ0v) is 12.7. The first kappa shape index (κ1) is 20.5. The highest BCUT2D eigenvalue weighted by Crippen LogP contribution is 1.99. The first-order valence-corrected chi connectivity index (χ1v) is 7.67. The lowest BCUT2D eigenvalue weighted by molar-refractivity contribution is -0.140. The third-order valence-corrected chi connectivity index (χ3v) is 3.09. The minimum atomic E-state index is -0.900. The summed E-state index contributed by atoms with van der Waals surface area (Å²) in [7, 11) is 1.67. The van der Waals surface area contributed by atoms with Crippen LogP contribution in [0.1, 0.15) is 32.6 Å². The zero-order valence-electron chi connectivity index (χ0n) is 11.9. The van der Waals surface area contributed by atoms with Gasteiger partial charge in [-0.25, -0.2) is 0 Å². The van der Waals surface area contributed by atoms with Gasteiger partial charge in [0.15, 0.2) is 0 Å². The molecule has 0 bridgehead atoms. The van der Waals surface area contributed by atoms with E-state index in [1.165, 1.54) is 0 Å². The highest BCUT2D eigenvalue weighted by atomic mass is 32.2. The number of carboxylic acid groups (broad SMARTS) is 2. The molecule has 0 aromatic carbocycles. The van der Waals surface area contributed by atoms with Crippen molar-refractivity contribution in [2.24, 2.45) is 5.73 Å². The van der Waals surface area contributed by atoms with Crippen LogP contribution in [0.25, 0.3) is 0 Å². The van der Waals surface area contributed by atoms with Crippen molar-refractivity contribution in [3.05, 3.63) is 0 Å². The number of aliphatic carboxylic acids is 2. The fraction of sp³-hybridized carbons (Fsp3) is 0.833. The van der Waals surface area contributed by atoms with E-state index in [1.807, 2.05) is 13.2 Å². The van der Waals surface area contributed by atoms with E-state index in [9.17, 15) is 9.59 Å². The Morgan fingerprint density at radius 2 is 1.84 bits per heavy atom. The third-order valence-electron chi connectivity index (χ3n) is 2.44. The Balaban J connectivity index is 0. The molecular formula is C12H26N2O4S. The van der Waals surface area contributed by atoms with Crippen LogP contribution in [0.15, 0.2) is 0 Å². The molecule has 6 nitrogen and oxygen atoms in total. The van der Waals surface area contributed by atoms with Crippen LogP contribution in [0.2, 0.25) is 0 Å². The second-order valence-electron chi connectivity index (χ2n) is 4.05. The van der Waals surface area contributed by atoms with E-state index in [1.54, 1.807) is 18.8 Å². The highest BCUT2D eigenvalue weighted by molar-refractivity contribution is 7.98. The maximum atomic E-state index is 10.4. The molecule has 0 amide bonds. The maximum absolute atomic E-state index is 10.4. The van der Waals surface area contributed by atoms with Crippen molar-refractivity contribution in [2.45, 2.75) is 44.7 Å². The van der Waals surface area contributed by atoms with Crippen LogP contribution in [0, 0.1) is 0 Å². The molecule has 0 aliphatic carbocycles. The Morgan fingerprint density at radius 3 is 2.16 bits per heavy atom. The van der Waals surface area contributed by atoms with E-state index in [0.717, 1.165) is 18.6 Å². The number of thioether (sulfide) groups is 1. The second kappa shape index (κ2) is 13.6. The van der Waals surface area contributed by atoms with Crippen molar-refractivity contribution in [3.63, 3.8) is 0 Å². The molecule has 0 saturated heterocycles. The highest BCUT2D eigenvalue weighted by Gasteiger charge is 2.12. The standard InChI is InChI=1S/C6H13NO2S.C6H13NO2/c1-7-5(6(8)9)3-4-10-2;1-2-3-4-5(7)6(8)9/h5,7H,3-4H2,1-2H3,(H,8,9);5H,2-4,7H2,1H3,(H,8,9)/t2*5-/m00/s1. The summed E-state index contributed by atoms with van der Waals surface area (Å²) in [6.45, 7) is 2.01. The molecule has 0 heterocycles. The van der Waals surface area contributed by atoms with Gasteiger partial charge in [-0.3, -0.25) is 9.59 Å². The average Bonchev–Trinajstić information content (AvgIpc) is 2.37. The largest absolute Gasteiger partial charge is 0.480 e. The summed E-state index contributed by atoms with van der Waals surface area (Å²) in [4.78, 5) is 20.4. The molecular weight excluding hydrogens is 268 g/mol. The van der Waals surface area contributed by atoms with E-state index in [-0.39, 0.29) is 6.04 Å². The molecule has 114 valence electrons. The Hall–Kier alpha value is -0.790. The lowest BCUT2D eigenvalue weighted by Gasteiger charge is -2.08. The molecule has 19 heavy (non-hydrogen) atoms. The predicted molar refractivity (Wildman–Crippen MR) is 78.6 cm³/mol. The van der Waals surface area contributed by atoms with Gasteiger partial charge in [-0.05, 0) is 31.9 Å². The van der Waals surface area contributed by atoms with Crippen molar-refractivity contribution in [1.29, 1.82) is 0 Å². The van der Waals surface area contributed by atoms with Gasteiger partial charge in [0, 0.05) is 0 Å². The van der Waals surface area contributed by atoms with E-state index in [2.05, 4.69) is 5.32 Å². The van der Waals surface area contributed by atoms with Gasteiger partial charge in [-0.15, -0.1) is 0 Å². The summed E-state index contributed by atoms with van der Waals surface area (Å²) in [5, 5.41) is 19.5. The van der Waals surface area contributed by atoms with Gasteiger partial charge in [0.2, 0.25) is 0 Å². The fourth-order valence-electron chi connectivity index (χ4n) is 1.17. The second-order valence-corrected chi connectivity index (χ2v) is 5.03. The maximum Gasteiger partial charge on any atom is 0.320 e.